The Hall–Kier alpha value is -4.57. The number of rotatable bonds is 8. The number of anilines is 2. The summed E-state index contributed by atoms with van der Waals surface area (Å²) in [5.74, 6) is 1.71. The van der Waals surface area contributed by atoms with Crippen LogP contribution in [0.1, 0.15) is 11.1 Å². The fraction of sp³-hybridized carbons (Fsp3) is 0.323. The number of ether oxygens (including phenoxy) is 3. The lowest BCUT2D eigenvalue weighted by Crippen LogP contribution is -2.44. The van der Waals surface area contributed by atoms with Crippen molar-refractivity contribution in [2.45, 2.75) is 13.8 Å². The van der Waals surface area contributed by atoms with Gasteiger partial charge in [-0.15, -0.1) is 0 Å². The van der Waals surface area contributed by atoms with Crippen molar-refractivity contribution in [3.8, 4) is 28.6 Å². The number of H-pyrrole nitrogens is 1. The predicted molar refractivity (Wildman–Crippen MR) is 161 cm³/mol. The number of hydrogen-bond acceptors (Lipinski definition) is 8. The molecule has 1 aliphatic heterocycles. The summed E-state index contributed by atoms with van der Waals surface area (Å²) in [5.41, 5.74) is 4.37. The lowest BCUT2D eigenvalue weighted by molar-refractivity contribution is -0.118. The van der Waals surface area contributed by atoms with Crippen LogP contribution in [-0.2, 0) is 4.79 Å². The molecule has 2 heterocycles. The third kappa shape index (κ3) is 6.12. The zero-order chi connectivity index (χ0) is 29.1. The predicted octanol–water partition coefficient (Wildman–Crippen LogP) is 3.99. The van der Waals surface area contributed by atoms with E-state index in [0.29, 0.717) is 34.0 Å². The first-order chi connectivity index (χ1) is 19.7. The van der Waals surface area contributed by atoms with Crippen molar-refractivity contribution in [2.75, 3.05) is 64.3 Å². The smallest absolute Gasteiger partial charge is 0.262 e. The fourth-order valence-corrected chi connectivity index (χ4v) is 5.10. The van der Waals surface area contributed by atoms with Gasteiger partial charge in [-0.05, 0) is 68.4 Å². The average molecular weight is 558 g/mol. The van der Waals surface area contributed by atoms with Gasteiger partial charge in [-0.1, -0.05) is 0 Å². The molecule has 1 amide bonds. The van der Waals surface area contributed by atoms with Crippen molar-refractivity contribution in [3.05, 3.63) is 70.0 Å². The normalized spacial score (nSPS) is 13.7. The fourth-order valence-electron chi connectivity index (χ4n) is 5.10. The molecule has 1 aromatic heterocycles. The summed E-state index contributed by atoms with van der Waals surface area (Å²) in [5, 5.41) is 3.26. The van der Waals surface area contributed by atoms with E-state index in [-0.39, 0.29) is 18.1 Å². The van der Waals surface area contributed by atoms with E-state index < -0.39 is 0 Å². The number of piperazine rings is 1. The highest BCUT2D eigenvalue weighted by Gasteiger charge is 2.17. The lowest BCUT2D eigenvalue weighted by atomic mass is 10.0. The van der Waals surface area contributed by atoms with Crippen molar-refractivity contribution < 1.29 is 19.0 Å². The van der Waals surface area contributed by atoms with E-state index in [2.05, 4.69) is 32.1 Å². The highest BCUT2D eigenvalue weighted by atomic mass is 16.5. The van der Waals surface area contributed by atoms with Crippen molar-refractivity contribution in [1.29, 1.82) is 0 Å². The SMILES string of the molecule is COc1cc(OC)c2c(=O)[nH]c(-c3cc(C)c(OCC(=O)Nc4ccc(N5CCN(C)CC5)cc4)c(C)c3)nc2c1. The van der Waals surface area contributed by atoms with Crippen molar-refractivity contribution in [3.63, 3.8) is 0 Å². The summed E-state index contributed by atoms with van der Waals surface area (Å²) >= 11 is 0. The molecule has 214 valence electrons. The van der Waals surface area contributed by atoms with Crippen LogP contribution in [0.15, 0.2) is 53.3 Å². The van der Waals surface area contributed by atoms with Crippen LogP contribution in [0.2, 0.25) is 0 Å². The minimum absolute atomic E-state index is 0.133. The molecular weight excluding hydrogens is 522 g/mol. The average Bonchev–Trinajstić information content (AvgIpc) is 2.96. The zero-order valence-corrected chi connectivity index (χ0v) is 24.0. The van der Waals surface area contributed by atoms with Crippen molar-refractivity contribution in [1.82, 2.24) is 14.9 Å². The topological polar surface area (TPSA) is 109 Å². The number of aromatic nitrogens is 2. The number of carbonyl (C=O) groups excluding carboxylic acids is 1. The van der Waals surface area contributed by atoms with Crippen LogP contribution >= 0.6 is 0 Å². The Morgan fingerprint density at radius 3 is 2.29 bits per heavy atom. The van der Waals surface area contributed by atoms with Gasteiger partial charge in [0.25, 0.3) is 11.5 Å². The Balaban J connectivity index is 1.27. The van der Waals surface area contributed by atoms with Crippen molar-refractivity contribution in [2.24, 2.45) is 0 Å². The number of benzene rings is 3. The molecule has 10 heteroatoms. The number of nitrogens with zero attached hydrogens (tertiary/aromatic N) is 3. The molecular formula is C31H35N5O5. The molecule has 0 atom stereocenters. The van der Waals surface area contributed by atoms with Crippen LogP contribution in [0.4, 0.5) is 11.4 Å². The highest BCUT2D eigenvalue weighted by molar-refractivity contribution is 5.92. The first kappa shape index (κ1) is 28.0. The van der Waals surface area contributed by atoms with Crippen LogP contribution in [-0.4, -0.2) is 74.8 Å². The van der Waals surface area contributed by atoms with Gasteiger partial charge in [-0.3, -0.25) is 9.59 Å². The second kappa shape index (κ2) is 11.9. The summed E-state index contributed by atoms with van der Waals surface area (Å²) in [6.45, 7) is 7.71. The number of fused-ring (bicyclic) bond motifs is 1. The molecule has 1 saturated heterocycles. The maximum atomic E-state index is 12.9. The van der Waals surface area contributed by atoms with Crippen molar-refractivity contribution >= 4 is 28.2 Å². The molecule has 0 radical (unpaired) electrons. The summed E-state index contributed by atoms with van der Waals surface area (Å²) < 4.78 is 16.6. The molecule has 1 fully saturated rings. The number of amides is 1. The van der Waals surface area contributed by atoms with Gasteiger partial charge in [-0.2, -0.15) is 0 Å². The standard InChI is InChI=1S/C31H35N5O5/c1-19-14-21(30-33-25-16-24(39-4)17-26(40-5)28(25)31(38)34-30)15-20(2)29(19)41-18-27(37)32-22-6-8-23(9-7-22)36-12-10-35(3)11-13-36/h6-9,14-17H,10-13,18H2,1-5H3,(H,32,37)(H,33,34,38). The third-order valence-electron chi connectivity index (χ3n) is 7.30. The van der Waals surface area contributed by atoms with Gasteiger partial charge in [0.05, 0.1) is 19.7 Å². The second-order valence-electron chi connectivity index (χ2n) is 10.3. The van der Waals surface area contributed by atoms with Gasteiger partial charge in [0.15, 0.2) is 6.61 Å². The number of aromatic amines is 1. The number of likely N-dealkylation sites (N-methyl/N-ethyl adjacent to an activating group) is 1. The molecule has 0 unspecified atom stereocenters. The second-order valence-corrected chi connectivity index (χ2v) is 10.3. The van der Waals surface area contributed by atoms with Gasteiger partial charge in [0.2, 0.25) is 0 Å². The maximum absolute atomic E-state index is 12.9. The Bertz CT molecular complexity index is 1600. The molecule has 1 aliphatic rings. The largest absolute Gasteiger partial charge is 0.497 e. The lowest BCUT2D eigenvalue weighted by Gasteiger charge is -2.34. The van der Waals surface area contributed by atoms with Crippen LogP contribution in [0, 0.1) is 13.8 Å². The Kier molecular flexibility index (Phi) is 8.11. The van der Waals surface area contributed by atoms with Gasteiger partial charge >= 0.3 is 0 Å². The van der Waals surface area contributed by atoms with Crippen LogP contribution in [0.3, 0.4) is 0 Å². The van der Waals surface area contributed by atoms with Crippen LogP contribution < -0.4 is 30.0 Å². The summed E-state index contributed by atoms with van der Waals surface area (Å²) in [4.78, 5) is 37.8. The van der Waals surface area contributed by atoms with E-state index in [1.807, 2.05) is 50.2 Å². The number of aryl methyl sites for hydroxylation is 2. The molecule has 0 saturated carbocycles. The molecule has 3 aromatic carbocycles. The first-order valence-corrected chi connectivity index (χ1v) is 13.5. The van der Waals surface area contributed by atoms with E-state index in [1.54, 1.807) is 19.2 Å². The van der Waals surface area contributed by atoms with E-state index in [1.165, 1.54) is 7.11 Å². The summed E-state index contributed by atoms with van der Waals surface area (Å²) in [6, 6.07) is 15.0. The van der Waals surface area contributed by atoms with Crippen LogP contribution in [0.25, 0.3) is 22.3 Å². The number of carbonyl (C=O) groups is 1. The number of methoxy groups -OCH3 is 2. The van der Waals surface area contributed by atoms with Gasteiger partial charge < -0.3 is 34.3 Å². The number of hydrogen-bond donors (Lipinski definition) is 2. The Morgan fingerprint density at radius 2 is 1.66 bits per heavy atom. The molecule has 4 aromatic rings. The minimum Gasteiger partial charge on any atom is -0.497 e. The van der Waals surface area contributed by atoms with E-state index >= 15 is 0 Å². The molecule has 5 rings (SSSR count). The quantitative estimate of drug-likeness (QED) is 0.335. The minimum atomic E-state index is -0.312. The molecule has 41 heavy (non-hydrogen) atoms. The van der Waals surface area contributed by atoms with Crippen LogP contribution in [0.5, 0.6) is 17.2 Å². The van der Waals surface area contributed by atoms with Gasteiger partial charge in [0, 0.05) is 55.2 Å². The highest BCUT2D eigenvalue weighted by Crippen LogP contribution is 2.31. The Labute approximate surface area is 238 Å². The summed E-state index contributed by atoms with van der Waals surface area (Å²) in [6.07, 6.45) is 0. The van der Waals surface area contributed by atoms with E-state index in [0.717, 1.165) is 54.2 Å². The summed E-state index contributed by atoms with van der Waals surface area (Å²) in [7, 11) is 5.18. The Morgan fingerprint density at radius 1 is 0.976 bits per heavy atom. The zero-order valence-electron chi connectivity index (χ0n) is 24.0. The monoisotopic (exact) mass is 557 g/mol. The maximum Gasteiger partial charge on any atom is 0.262 e. The van der Waals surface area contributed by atoms with Gasteiger partial charge in [0.1, 0.15) is 28.5 Å². The molecule has 2 N–H and O–H groups in total. The van der Waals surface area contributed by atoms with Gasteiger partial charge in [-0.25, -0.2) is 4.98 Å². The van der Waals surface area contributed by atoms with E-state index in [4.69, 9.17) is 14.2 Å². The first-order valence-electron chi connectivity index (χ1n) is 13.5. The molecule has 0 spiro atoms. The third-order valence-corrected chi connectivity index (χ3v) is 7.30. The molecule has 0 bridgehead atoms. The number of nitrogens with one attached hydrogen (secondary N) is 2. The van der Waals surface area contributed by atoms with E-state index in [9.17, 15) is 9.59 Å². The molecule has 0 aliphatic carbocycles. The molecule has 10 nitrogen and oxygen atoms in total.